The molecule has 3 aliphatic heterocycles. The lowest BCUT2D eigenvalue weighted by atomic mass is 9.87. The first-order valence-electron chi connectivity index (χ1n) is 13.5. The van der Waals surface area contributed by atoms with Crippen LogP contribution in [0.5, 0.6) is 0 Å². The Balaban J connectivity index is 1.50. The van der Waals surface area contributed by atoms with Gasteiger partial charge in [-0.1, -0.05) is 30.7 Å². The number of rotatable bonds is 10. The van der Waals surface area contributed by atoms with Gasteiger partial charge in [-0.2, -0.15) is 0 Å². The van der Waals surface area contributed by atoms with Crippen molar-refractivity contribution in [2.24, 2.45) is 5.92 Å². The van der Waals surface area contributed by atoms with Gasteiger partial charge in [0.2, 0.25) is 11.8 Å². The van der Waals surface area contributed by atoms with E-state index in [9.17, 15) is 19.5 Å². The summed E-state index contributed by atoms with van der Waals surface area (Å²) < 4.78 is 22.7. The average Bonchev–Trinajstić information content (AvgIpc) is 3.64. The number of hydroxylamine groups is 1. The number of esters is 1. The van der Waals surface area contributed by atoms with Crippen LogP contribution in [0.15, 0.2) is 36.0 Å². The van der Waals surface area contributed by atoms with Crippen molar-refractivity contribution in [2.75, 3.05) is 6.61 Å². The Bertz CT molecular complexity index is 974. The largest absolute Gasteiger partial charge is 0.459 e. The second kappa shape index (κ2) is 13.7. The maximum Gasteiger partial charge on any atom is 0.303 e. The molecule has 11 nitrogen and oxygen atoms in total. The Morgan fingerprint density at radius 1 is 1.18 bits per heavy atom. The zero-order valence-corrected chi connectivity index (χ0v) is 23.3. The standard InChI is InChI=1S/C28H42N2O9/c1-16(7-10-24-27(34)28(15-36-28)14-21(39-24)13-26(33)30-35)6-9-23-17(2)12-22(19(4)38-23)29-25(32)11-8-18(3)37-20(5)31/h6-8,10-11,17-19,21-24,27,34-35H,9,12-15H2,1-5H3,(H,29,32)(H,30,33)/b10-7+,11-8-,16-6+/t17-,18-,19+,21+,22+,23-,24+,27+,28?/m0/s1. The summed E-state index contributed by atoms with van der Waals surface area (Å²) in [5.41, 5.74) is 1.89. The highest BCUT2D eigenvalue weighted by molar-refractivity contribution is 5.87. The highest BCUT2D eigenvalue weighted by Crippen LogP contribution is 2.43. The normalized spacial score (nSPS) is 35.7. The first-order chi connectivity index (χ1) is 18.4. The average molecular weight is 551 g/mol. The van der Waals surface area contributed by atoms with Crippen LogP contribution in [0.1, 0.15) is 60.3 Å². The third kappa shape index (κ3) is 8.97. The Labute approximate surface area is 229 Å². The number of allylic oxidation sites excluding steroid dienone is 2. The minimum Gasteiger partial charge on any atom is -0.459 e. The van der Waals surface area contributed by atoms with Crippen molar-refractivity contribution in [3.63, 3.8) is 0 Å². The maximum absolute atomic E-state index is 12.3. The molecule has 39 heavy (non-hydrogen) atoms. The number of amides is 2. The van der Waals surface area contributed by atoms with Crippen LogP contribution in [0.3, 0.4) is 0 Å². The molecule has 1 spiro atoms. The molecule has 0 radical (unpaired) electrons. The van der Waals surface area contributed by atoms with Gasteiger partial charge < -0.3 is 29.4 Å². The van der Waals surface area contributed by atoms with Crippen LogP contribution in [0.4, 0.5) is 0 Å². The smallest absolute Gasteiger partial charge is 0.303 e. The first-order valence-corrected chi connectivity index (χ1v) is 13.5. The molecular weight excluding hydrogens is 508 g/mol. The van der Waals surface area contributed by atoms with E-state index in [1.165, 1.54) is 13.0 Å². The van der Waals surface area contributed by atoms with Crippen molar-refractivity contribution >= 4 is 17.8 Å². The Morgan fingerprint density at radius 2 is 1.90 bits per heavy atom. The van der Waals surface area contributed by atoms with Crippen LogP contribution >= 0.6 is 0 Å². The lowest BCUT2D eigenvalue weighted by molar-refractivity contribution is -0.149. The van der Waals surface area contributed by atoms with Crippen molar-refractivity contribution in [3.05, 3.63) is 36.0 Å². The molecule has 0 aromatic carbocycles. The van der Waals surface area contributed by atoms with Crippen molar-refractivity contribution in [3.8, 4) is 0 Å². The van der Waals surface area contributed by atoms with Crippen LogP contribution in [-0.2, 0) is 33.3 Å². The lowest BCUT2D eigenvalue weighted by Crippen LogP contribution is -2.50. The van der Waals surface area contributed by atoms with Crippen LogP contribution in [-0.4, -0.2) is 83.0 Å². The van der Waals surface area contributed by atoms with Gasteiger partial charge in [0.25, 0.3) is 0 Å². The summed E-state index contributed by atoms with van der Waals surface area (Å²) >= 11 is 0. The zero-order valence-electron chi connectivity index (χ0n) is 23.3. The van der Waals surface area contributed by atoms with E-state index >= 15 is 0 Å². The molecule has 4 N–H and O–H groups in total. The summed E-state index contributed by atoms with van der Waals surface area (Å²) in [7, 11) is 0. The fraction of sp³-hybridized carbons (Fsp3) is 0.679. The molecule has 3 saturated heterocycles. The summed E-state index contributed by atoms with van der Waals surface area (Å²) in [6.07, 6.45) is 7.83. The predicted octanol–water partition coefficient (Wildman–Crippen LogP) is 1.87. The maximum atomic E-state index is 12.3. The van der Waals surface area contributed by atoms with Gasteiger partial charge in [0.1, 0.15) is 23.9 Å². The van der Waals surface area contributed by atoms with E-state index in [-0.39, 0.29) is 36.5 Å². The van der Waals surface area contributed by atoms with Gasteiger partial charge in [-0.15, -0.1) is 0 Å². The van der Waals surface area contributed by atoms with Crippen molar-refractivity contribution in [2.45, 2.75) is 109 Å². The highest BCUT2D eigenvalue weighted by Gasteiger charge is 2.58. The molecule has 0 aromatic rings. The lowest BCUT2D eigenvalue weighted by Gasteiger charge is -2.39. The summed E-state index contributed by atoms with van der Waals surface area (Å²) in [6.45, 7) is 9.41. The molecule has 218 valence electrons. The molecule has 0 bridgehead atoms. The number of aliphatic hydroxyl groups is 1. The minimum atomic E-state index is -0.843. The summed E-state index contributed by atoms with van der Waals surface area (Å²) in [6, 6.07) is -0.134. The number of aliphatic hydroxyl groups excluding tert-OH is 1. The first kappa shape index (κ1) is 31.0. The number of hydrogen-bond donors (Lipinski definition) is 4. The Kier molecular flexibility index (Phi) is 10.9. The SMILES string of the molecule is CC(=O)O[C@@H](C)/C=C\C(=O)N[C@@H]1C[C@H](C)[C@H](C/C=C(C)/C=C/[C@H]2O[C@H](CC(=O)NO)CC3(CO3)[C@@H]2O)O[C@@H]1C. The highest BCUT2D eigenvalue weighted by atomic mass is 16.6. The van der Waals surface area contributed by atoms with Gasteiger partial charge in [0.05, 0.1) is 37.4 Å². The van der Waals surface area contributed by atoms with E-state index in [2.05, 4.69) is 18.3 Å². The van der Waals surface area contributed by atoms with Crippen LogP contribution in [0, 0.1) is 5.92 Å². The molecule has 3 fully saturated rings. The number of ether oxygens (including phenoxy) is 4. The van der Waals surface area contributed by atoms with E-state index < -0.39 is 41.9 Å². The fourth-order valence-corrected chi connectivity index (χ4v) is 5.14. The van der Waals surface area contributed by atoms with E-state index in [1.54, 1.807) is 24.6 Å². The molecule has 3 rings (SSSR count). The van der Waals surface area contributed by atoms with Gasteiger partial charge in [0.15, 0.2) is 0 Å². The van der Waals surface area contributed by atoms with Gasteiger partial charge in [-0.05, 0) is 45.6 Å². The van der Waals surface area contributed by atoms with Crippen molar-refractivity contribution in [1.82, 2.24) is 10.8 Å². The zero-order chi connectivity index (χ0) is 28.7. The summed E-state index contributed by atoms with van der Waals surface area (Å²) in [5.74, 6) is -1.00. The van der Waals surface area contributed by atoms with E-state index in [0.717, 1.165) is 12.0 Å². The minimum absolute atomic E-state index is 0.0166. The molecule has 0 aliphatic carbocycles. The molecule has 1 unspecified atom stereocenters. The van der Waals surface area contributed by atoms with E-state index in [1.807, 2.05) is 19.9 Å². The fourth-order valence-electron chi connectivity index (χ4n) is 5.14. The monoisotopic (exact) mass is 550 g/mol. The van der Waals surface area contributed by atoms with Crippen LogP contribution in [0.25, 0.3) is 0 Å². The van der Waals surface area contributed by atoms with Crippen molar-refractivity contribution < 1.29 is 43.6 Å². The molecule has 2 amide bonds. The predicted molar refractivity (Wildman–Crippen MR) is 140 cm³/mol. The second-order valence-corrected chi connectivity index (χ2v) is 10.9. The van der Waals surface area contributed by atoms with Crippen molar-refractivity contribution in [1.29, 1.82) is 0 Å². The quantitative estimate of drug-likeness (QED) is 0.0796. The Morgan fingerprint density at radius 3 is 2.54 bits per heavy atom. The van der Waals surface area contributed by atoms with Gasteiger partial charge in [-0.3, -0.25) is 19.6 Å². The third-order valence-electron chi connectivity index (χ3n) is 7.46. The molecule has 0 saturated carbocycles. The second-order valence-electron chi connectivity index (χ2n) is 10.9. The molecule has 0 aromatic heterocycles. The van der Waals surface area contributed by atoms with Gasteiger partial charge in [0, 0.05) is 19.4 Å². The number of hydrogen-bond acceptors (Lipinski definition) is 9. The van der Waals surface area contributed by atoms with Crippen LogP contribution < -0.4 is 10.8 Å². The third-order valence-corrected chi connectivity index (χ3v) is 7.46. The van der Waals surface area contributed by atoms with E-state index in [4.69, 9.17) is 24.2 Å². The van der Waals surface area contributed by atoms with Crippen LogP contribution in [0.2, 0.25) is 0 Å². The topological polar surface area (TPSA) is 156 Å². The summed E-state index contributed by atoms with van der Waals surface area (Å²) in [4.78, 5) is 34.9. The number of nitrogens with one attached hydrogen (secondary N) is 2. The molecule has 11 heteroatoms. The molecular formula is C28H42N2O9. The number of epoxide rings is 1. The number of carbonyl (C=O) groups excluding carboxylic acids is 3. The Hall–Kier alpha value is -2.57. The van der Waals surface area contributed by atoms with Gasteiger partial charge in [-0.25, -0.2) is 5.48 Å². The molecule has 3 heterocycles. The molecule has 3 aliphatic rings. The molecule has 9 atom stereocenters. The van der Waals surface area contributed by atoms with Gasteiger partial charge >= 0.3 is 5.97 Å². The number of carbonyl (C=O) groups is 3. The summed E-state index contributed by atoms with van der Waals surface area (Å²) in [5, 5.41) is 22.5. The van der Waals surface area contributed by atoms with E-state index in [0.29, 0.717) is 19.4 Å².